The van der Waals surface area contributed by atoms with Gasteiger partial charge in [-0.1, -0.05) is 30.3 Å². The molecule has 1 saturated carbocycles. The molecular weight excluding hydrogens is 497 g/mol. The Morgan fingerprint density at radius 3 is 2.82 bits per heavy atom. The third-order valence-corrected chi connectivity index (χ3v) is 9.41. The number of likely N-dealkylation sites (N-methyl/N-ethyl adjacent to an activating group) is 1. The molecule has 5 atom stereocenters. The van der Waals surface area contributed by atoms with Gasteiger partial charge >= 0.3 is 6.18 Å². The summed E-state index contributed by atoms with van der Waals surface area (Å²) in [6.07, 6.45) is -1.30. The number of hydrogen-bond acceptors (Lipinski definition) is 5. The summed E-state index contributed by atoms with van der Waals surface area (Å²) in [5, 5.41) is 23.2. The summed E-state index contributed by atoms with van der Waals surface area (Å²) in [5.41, 5.74) is -0.542. The predicted molar refractivity (Wildman–Crippen MR) is 134 cm³/mol. The fourth-order valence-electron chi connectivity index (χ4n) is 7.73. The van der Waals surface area contributed by atoms with Crippen molar-refractivity contribution >= 4 is 5.91 Å². The molecule has 6 nitrogen and oxygen atoms in total. The maximum atomic E-state index is 13.4. The fraction of sp³-hybridized carbons (Fsp3) is 0.483. The van der Waals surface area contributed by atoms with Crippen LogP contribution < -0.4 is 4.74 Å². The Morgan fingerprint density at radius 1 is 1.29 bits per heavy atom. The molecule has 9 heteroatoms. The topological polar surface area (TPSA) is 73.2 Å². The molecule has 6 rings (SSSR count). The zero-order valence-electron chi connectivity index (χ0n) is 21.2. The Labute approximate surface area is 219 Å². The Morgan fingerprint density at radius 2 is 2.08 bits per heavy atom. The van der Waals surface area contributed by atoms with Crippen LogP contribution in [0.5, 0.6) is 11.5 Å². The van der Waals surface area contributed by atoms with Crippen molar-refractivity contribution in [3.05, 3.63) is 71.3 Å². The lowest BCUT2D eigenvalue weighted by Gasteiger charge is -2.64. The molecule has 2 N–H and O–H groups in total. The van der Waals surface area contributed by atoms with Crippen molar-refractivity contribution < 1.29 is 32.9 Å². The van der Waals surface area contributed by atoms with Crippen LogP contribution >= 0.6 is 0 Å². The number of rotatable bonds is 5. The van der Waals surface area contributed by atoms with Gasteiger partial charge in [0.05, 0.1) is 29.0 Å². The summed E-state index contributed by atoms with van der Waals surface area (Å²) >= 11 is 0. The lowest BCUT2D eigenvalue weighted by Crippen LogP contribution is -2.78. The Kier molecular flexibility index (Phi) is 5.63. The third-order valence-electron chi connectivity index (χ3n) is 9.41. The second kappa shape index (κ2) is 8.48. The van der Waals surface area contributed by atoms with E-state index in [4.69, 9.17) is 4.74 Å². The number of likely N-dealkylation sites (tertiary alicyclic amines) is 1. The van der Waals surface area contributed by atoms with E-state index in [9.17, 15) is 28.2 Å². The minimum atomic E-state index is -4.49. The number of amides is 1. The minimum absolute atomic E-state index is 0.0125. The van der Waals surface area contributed by atoms with E-state index in [-0.39, 0.29) is 29.7 Å². The third kappa shape index (κ3) is 3.37. The first-order chi connectivity index (χ1) is 18.0. The average molecular weight is 529 g/mol. The van der Waals surface area contributed by atoms with E-state index in [1.54, 1.807) is 18.0 Å². The smallest absolute Gasteiger partial charge is 0.416 e. The van der Waals surface area contributed by atoms with Gasteiger partial charge in [-0.25, -0.2) is 0 Å². The highest BCUT2D eigenvalue weighted by Crippen LogP contribution is 2.65. The Bertz CT molecular complexity index is 1310. The van der Waals surface area contributed by atoms with Crippen LogP contribution in [-0.2, 0) is 29.2 Å². The summed E-state index contributed by atoms with van der Waals surface area (Å²) in [4.78, 5) is 17.2. The van der Waals surface area contributed by atoms with Crippen molar-refractivity contribution in [1.82, 2.24) is 9.80 Å². The van der Waals surface area contributed by atoms with Crippen LogP contribution in [0.1, 0.15) is 41.5 Å². The molecule has 2 aliphatic heterocycles. The standard InChI is InChI=1S/C29H31F3N2O4/c1-3-12-34-13-11-27-24-18-7-8-21(35)25(24)38-26(27)20(9-10-28(27,37)22(34)16-18)33(2)23(36)15-17-5-4-6-19(14-17)29(30,31)32/h3-8,14,20,22,26,35,37H,1,9-13,15-16H2,2H3/t20?,22-,26?,27+,28-/m1/s1. The first-order valence-corrected chi connectivity index (χ1v) is 13.0. The van der Waals surface area contributed by atoms with Crippen molar-refractivity contribution in [3.8, 4) is 11.5 Å². The summed E-state index contributed by atoms with van der Waals surface area (Å²) in [5.74, 6) is 0.0716. The molecule has 0 radical (unpaired) electrons. The molecule has 38 heavy (non-hydrogen) atoms. The minimum Gasteiger partial charge on any atom is -0.504 e. The number of nitrogens with zero attached hydrogens (tertiary/aromatic N) is 2. The van der Waals surface area contributed by atoms with E-state index < -0.39 is 34.9 Å². The van der Waals surface area contributed by atoms with Gasteiger partial charge in [0, 0.05) is 25.2 Å². The number of benzene rings is 2. The summed E-state index contributed by atoms with van der Waals surface area (Å²) < 4.78 is 46.1. The molecule has 1 amide bonds. The molecule has 2 aromatic rings. The second-order valence-electron chi connectivity index (χ2n) is 11.1. The predicted octanol–water partition coefficient (Wildman–Crippen LogP) is 3.82. The number of carbonyl (C=O) groups is 1. The molecule has 1 saturated heterocycles. The number of aliphatic hydroxyl groups is 1. The number of hydrogen-bond donors (Lipinski definition) is 2. The van der Waals surface area contributed by atoms with E-state index in [2.05, 4.69) is 11.5 Å². The summed E-state index contributed by atoms with van der Waals surface area (Å²) in [6.45, 7) is 5.24. The van der Waals surface area contributed by atoms with Crippen LogP contribution in [-0.4, -0.2) is 69.8 Å². The van der Waals surface area contributed by atoms with Gasteiger partial charge in [-0.05, 0) is 55.5 Å². The van der Waals surface area contributed by atoms with Gasteiger partial charge < -0.3 is 19.8 Å². The van der Waals surface area contributed by atoms with Gasteiger partial charge in [0.1, 0.15) is 6.10 Å². The van der Waals surface area contributed by atoms with E-state index in [0.29, 0.717) is 44.5 Å². The van der Waals surface area contributed by atoms with Gasteiger partial charge in [0.15, 0.2) is 11.5 Å². The van der Waals surface area contributed by atoms with Crippen molar-refractivity contribution in [3.63, 3.8) is 0 Å². The maximum Gasteiger partial charge on any atom is 0.416 e. The normalized spacial score (nSPS) is 31.3. The lowest BCUT2D eigenvalue weighted by molar-refractivity contribution is -0.198. The van der Waals surface area contributed by atoms with Crippen molar-refractivity contribution in [2.24, 2.45) is 0 Å². The van der Waals surface area contributed by atoms with Crippen LogP contribution in [0.3, 0.4) is 0 Å². The molecule has 2 aromatic carbocycles. The average Bonchev–Trinajstić information content (AvgIpc) is 3.22. The number of phenolic OH excluding ortho intramolecular Hbond substituents is 1. The second-order valence-corrected chi connectivity index (χ2v) is 11.1. The van der Waals surface area contributed by atoms with Crippen LogP contribution in [0.2, 0.25) is 0 Å². The maximum absolute atomic E-state index is 13.4. The Balaban J connectivity index is 1.35. The van der Waals surface area contributed by atoms with Gasteiger partial charge in [0.25, 0.3) is 0 Å². The number of piperidine rings is 1. The van der Waals surface area contributed by atoms with Crippen LogP contribution in [0.15, 0.2) is 49.1 Å². The molecule has 1 spiro atoms. The van der Waals surface area contributed by atoms with Gasteiger partial charge in [-0.15, -0.1) is 6.58 Å². The van der Waals surface area contributed by atoms with E-state index in [0.717, 1.165) is 23.3 Å². The molecule has 2 unspecified atom stereocenters. The lowest BCUT2D eigenvalue weighted by atomic mass is 9.48. The molecule has 202 valence electrons. The number of halogens is 3. The van der Waals surface area contributed by atoms with Crippen molar-refractivity contribution in [2.45, 2.75) is 67.5 Å². The van der Waals surface area contributed by atoms with Crippen molar-refractivity contribution in [1.29, 1.82) is 0 Å². The quantitative estimate of drug-likeness (QED) is 0.578. The molecule has 2 fully saturated rings. The largest absolute Gasteiger partial charge is 0.504 e. The van der Waals surface area contributed by atoms with E-state index >= 15 is 0 Å². The highest BCUT2D eigenvalue weighted by Gasteiger charge is 2.73. The molecule has 2 heterocycles. The SMILES string of the molecule is C=CCN1CC[C@]23c4c5ccc(O)c4OC2C(N(C)C(=O)Cc2cccc(C(F)(F)F)c2)CC[C@@]3(O)[C@H]1C5. The highest BCUT2D eigenvalue weighted by atomic mass is 19.4. The zero-order chi connectivity index (χ0) is 27.0. The fourth-order valence-corrected chi connectivity index (χ4v) is 7.73. The van der Waals surface area contributed by atoms with Gasteiger partial charge in [0.2, 0.25) is 5.91 Å². The van der Waals surface area contributed by atoms with Gasteiger partial charge in [-0.2, -0.15) is 13.2 Å². The Hall–Kier alpha value is -3.04. The van der Waals surface area contributed by atoms with Crippen LogP contribution in [0, 0.1) is 0 Å². The number of alkyl halides is 3. The van der Waals surface area contributed by atoms with Gasteiger partial charge in [-0.3, -0.25) is 9.69 Å². The summed E-state index contributed by atoms with van der Waals surface area (Å²) in [7, 11) is 1.65. The summed E-state index contributed by atoms with van der Waals surface area (Å²) in [6, 6.07) is 7.78. The highest BCUT2D eigenvalue weighted by molar-refractivity contribution is 5.79. The molecule has 0 aromatic heterocycles. The van der Waals surface area contributed by atoms with Crippen LogP contribution in [0.25, 0.3) is 0 Å². The molecule has 2 aliphatic carbocycles. The molecule has 4 aliphatic rings. The van der Waals surface area contributed by atoms with E-state index in [1.165, 1.54) is 12.1 Å². The number of aromatic hydroxyl groups is 1. The van der Waals surface area contributed by atoms with Crippen LogP contribution in [0.4, 0.5) is 13.2 Å². The number of carbonyl (C=O) groups excluding carboxylic acids is 1. The van der Waals surface area contributed by atoms with E-state index in [1.807, 2.05) is 12.1 Å². The van der Waals surface area contributed by atoms with Crippen molar-refractivity contribution in [2.75, 3.05) is 20.1 Å². The molecular formula is C29H31F3N2O4. The first kappa shape index (κ1) is 25.2. The number of phenols is 1. The first-order valence-electron chi connectivity index (χ1n) is 13.0. The monoisotopic (exact) mass is 528 g/mol. The zero-order valence-corrected chi connectivity index (χ0v) is 21.2. The molecule has 2 bridgehead atoms. The number of ether oxygens (including phenoxy) is 1.